The van der Waals surface area contributed by atoms with E-state index < -0.39 is 5.97 Å². The van der Waals surface area contributed by atoms with E-state index in [0.29, 0.717) is 18.7 Å². The van der Waals surface area contributed by atoms with Crippen molar-refractivity contribution in [3.8, 4) is 0 Å². The minimum absolute atomic E-state index is 0.0782. The van der Waals surface area contributed by atoms with E-state index in [1.807, 2.05) is 30.3 Å². The third kappa shape index (κ3) is 2.09. The number of nitrogens with one attached hydrogen (secondary N) is 1. The van der Waals surface area contributed by atoms with Gasteiger partial charge in [-0.25, -0.2) is 4.79 Å². The number of nitrogens with zero attached hydrogens (tertiary/aromatic N) is 1. The quantitative estimate of drug-likeness (QED) is 0.764. The van der Waals surface area contributed by atoms with Crippen molar-refractivity contribution in [3.63, 3.8) is 0 Å². The van der Waals surface area contributed by atoms with E-state index in [4.69, 9.17) is 5.11 Å². The molecule has 4 rings (SSSR count). The molecule has 0 bridgehead atoms. The maximum Gasteiger partial charge on any atom is 0.335 e. The van der Waals surface area contributed by atoms with Crippen LogP contribution in [-0.4, -0.2) is 28.5 Å². The van der Waals surface area contributed by atoms with Crippen LogP contribution in [0, 0.1) is 0 Å². The lowest BCUT2D eigenvalue weighted by Crippen LogP contribution is -2.37. The number of hydrogen-bond acceptors (Lipinski definition) is 2. The van der Waals surface area contributed by atoms with E-state index in [-0.39, 0.29) is 11.5 Å². The zero-order valence-corrected chi connectivity index (χ0v) is 12.2. The Morgan fingerprint density at radius 2 is 1.91 bits per heavy atom. The molecule has 0 atom stereocenters. The summed E-state index contributed by atoms with van der Waals surface area (Å²) in [4.78, 5) is 28.8. The van der Waals surface area contributed by atoms with Gasteiger partial charge in [0.2, 0.25) is 0 Å². The van der Waals surface area contributed by atoms with Crippen molar-refractivity contribution in [2.24, 2.45) is 0 Å². The lowest BCUT2D eigenvalue weighted by Gasteiger charge is -2.26. The van der Waals surface area contributed by atoms with Crippen molar-refractivity contribution in [3.05, 3.63) is 65.4 Å². The highest BCUT2D eigenvalue weighted by atomic mass is 16.4. The minimum Gasteiger partial charge on any atom is -0.478 e. The van der Waals surface area contributed by atoms with Gasteiger partial charge in [-0.15, -0.1) is 0 Å². The normalized spacial score (nSPS) is 14.1. The predicted molar refractivity (Wildman–Crippen MR) is 87.1 cm³/mol. The highest BCUT2D eigenvalue weighted by molar-refractivity contribution is 6.11. The molecule has 2 aromatic carbocycles. The fourth-order valence-electron chi connectivity index (χ4n) is 3.14. The molecule has 0 fully saturated rings. The van der Waals surface area contributed by atoms with Crippen molar-refractivity contribution in [1.82, 2.24) is 4.98 Å². The number of benzene rings is 2. The molecular weight excluding hydrogens is 292 g/mol. The number of anilines is 1. The van der Waals surface area contributed by atoms with Gasteiger partial charge in [-0.05, 0) is 42.3 Å². The van der Waals surface area contributed by atoms with Crippen LogP contribution in [0.1, 0.15) is 26.4 Å². The number of H-pyrrole nitrogens is 1. The molecular formula is C18H14N2O3. The number of carbonyl (C=O) groups is 2. The second-order valence-corrected chi connectivity index (χ2v) is 5.59. The lowest BCUT2D eigenvalue weighted by atomic mass is 10.0. The Balaban J connectivity index is 1.82. The highest BCUT2D eigenvalue weighted by Crippen LogP contribution is 2.30. The van der Waals surface area contributed by atoms with Gasteiger partial charge in [-0.2, -0.15) is 0 Å². The Labute approximate surface area is 132 Å². The van der Waals surface area contributed by atoms with Crippen LogP contribution < -0.4 is 4.90 Å². The Kier molecular flexibility index (Phi) is 2.94. The topological polar surface area (TPSA) is 73.4 Å². The molecule has 5 nitrogen and oxygen atoms in total. The standard InChI is InChI=1S/C18H14N2O3/c21-17-16-13(8-9-20(17)12-4-2-1-3-5-12)14-10-11(18(22)23)6-7-15(14)19-16/h1-7,10,19H,8-9H2,(H,22,23). The molecule has 1 amide bonds. The van der Waals surface area contributed by atoms with Gasteiger partial charge in [0, 0.05) is 23.1 Å². The highest BCUT2D eigenvalue weighted by Gasteiger charge is 2.29. The number of aromatic nitrogens is 1. The number of carboxylic acids is 1. The number of rotatable bonds is 2. The fourth-order valence-corrected chi connectivity index (χ4v) is 3.14. The third-order valence-corrected chi connectivity index (χ3v) is 4.27. The number of para-hydroxylation sites is 1. The molecule has 0 unspecified atom stereocenters. The van der Waals surface area contributed by atoms with Gasteiger partial charge in [-0.3, -0.25) is 4.79 Å². The fraction of sp³-hybridized carbons (Fsp3) is 0.111. The van der Waals surface area contributed by atoms with Crippen LogP contribution >= 0.6 is 0 Å². The second-order valence-electron chi connectivity index (χ2n) is 5.59. The Morgan fingerprint density at radius 1 is 1.13 bits per heavy atom. The van der Waals surface area contributed by atoms with Crippen molar-refractivity contribution < 1.29 is 14.7 Å². The Morgan fingerprint density at radius 3 is 2.65 bits per heavy atom. The molecule has 5 heteroatoms. The monoisotopic (exact) mass is 306 g/mol. The molecule has 0 saturated carbocycles. The first-order valence-electron chi connectivity index (χ1n) is 7.40. The molecule has 23 heavy (non-hydrogen) atoms. The summed E-state index contributed by atoms with van der Waals surface area (Å²) < 4.78 is 0. The number of hydrogen-bond donors (Lipinski definition) is 2. The van der Waals surface area contributed by atoms with E-state index in [9.17, 15) is 9.59 Å². The number of aromatic amines is 1. The van der Waals surface area contributed by atoms with Crippen LogP contribution in [0.4, 0.5) is 5.69 Å². The Bertz CT molecular complexity index is 928. The van der Waals surface area contributed by atoms with Crippen molar-refractivity contribution in [2.45, 2.75) is 6.42 Å². The van der Waals surface area contributed by atoms with Gasteiger partial charge in [0.05, 0.1) is 5.56 Å². The van der Waals surface area contributed by atoms with Crippen molar-refractivity contribution in [2.75, 3.05) is 11.4 Å². The van der Waals surface area contributed by atoms with E-state index in [1.54, 1.807) is 23.1 Å². The maximum atomic E-state index is 12.8. The van der Waals surface area contributed by atoms with E-state index in [2.05, 4.69) is 4.98 Å². The summed E-state index contributed by atoms with van der Waals surface area (Å²) in [7, 11) is 0. The number of aromatic carboxylic acids is 1. The lowest BCUT2D eigenvalue weighted by molar-refractivity contribution is 0.0697. The summed E-state index contributed by atoms with van der Waals surface area (Å²) >= 11 is 0. The van der Waals surface area contributed by atoms with Crippen LogP contribution in [0.3, 0.4) is 0 Å². The molecule has 1 aliphatic heterocycles. The van der Waals surface area contributed by atoms with Gasteiger partial charge in [0.15, 0.2) is 0 Å². The van der Waals surface area contributed by atoms with Crippen LogP contribution in [-0.2, 0) is 6.42 Å². The average Bonchev–Trinajstić information content (AvgIpc) is 2.95. The van der Waals surface area contributed by atoms with Crippen LogP contribution in [0.15, 0.2) is 48.5 Å². The smallest absolute Gasteiger partial charge is 0.335 e. The summed E-state index contributed by atoms with van der Waals surface area (Å²) in [5.74, 6) is -1.04. The number of fused-ring (bicyclic) bond motifs is 3. The number of carboxylic acid groups (broad SMARTS) is 1. The molecule has 2 N–H and O–H groups in total. The molecule has 3 aromatic rings. The first-order chi connectivity index (χ1) is 11.1. The van der Waals surface area contributed by atoms with Gasteiger partial charge in [0.1, 0.15) is 5.69 Å². The van der Waals surface area contributed by atoms with Gasteiger partial charge < -0.3 is 15.0 Å². The number of carbonyl (C=O) groups excluding carboxylic acids is 1. The molecule has 0 aliphatic carbocycles. The Hall–Kier alpha value is -3.08. The largest absolute Gasteiger partial charge is 0.478 e. The van der Waals surface area contributed by atoms with Crippen LogP contribution in [0.5, 0.6) is 0 Å². The molecule has 0 saturated heterocycles. The second kappa shape index (κ2) is 4.98. The number of amides is 1. The average molecular weight is 306 g/mol. The van der Waals surface area contributed by atoms with Gasteiger partial charge >= 0.3 is 5.97 Å². The summed E-state index contributed by atoms with van der Waals surface area (Å²) in [6.45, 7) is 0.583. The summed E-state index contributed by atoms with van der Waals surface area (Å²) in [5, 5.41) is 9.96. The predicted octanol–water partition coefficient (Wildman–Crippen LogP) is 3.07. The molecule has 0 radical (unpaired) electrons. The summed E-state index contributed by atoms with van der Waals surface area (Å²) in [6.07, 6.45) is 0.693. The van der Waals surface area contributed by atoms with Gasteiger partial charge in [-0.1, -0.05) is 18.2 Å². The van der Waals surface area contributed by atoms with Crippen LogP contribution in [0.25, 0.3) is 10.9 Å². The summed E-state index contributed by atoms with van der Waals surface area (Å²) in [6, 6.07) is 14.5. The zero-order valence-electron chi connectivity index (χ0n) is 12.2. The molecule has 2 heterocycles. The van der Waals surface area contributed by atoms with E-state index in [0.717, 1.165) is 22.2 Å². The molecule has 1 aromatic heterocycles. The molecule has 0 spiro atoms. The first-order valence-corrected chi connectivity index (χ1v) is 7.40. The third-order valence-electron chi connectivity index (χ3n) is 4.27. The van der Waals surface area contributed by atoms with Crippen molar-refractivity contribution in [1.29, 1.82) is 0 Å². The SMILES string of the molecule is O=C(O)c1ccc2[nH]c3c(c2c1)CCN(c1ccccc1)C3=O. The summed E-state index contributed by atoms with van der Waals surface area (Å²) in [5.41, 5.74) is 3.35. The van der Waals surface area contributed by atoms with E-state index >= 15 is 0 Å². The van der Waals surface area contributed by atoms with E-state index in [1.165, 1.54) is 0 Å². The van der Waals surface area contributed by atoms with Crippen LogP contribution in [0.2, 0.25) is 0 Å². The van der Waals surface area contributed by atoms with Crippen molar-refractivity contribution >= 4 is 28.5 Å². The molecule has 114 valence electrons. The molecule has 1 aliphatic rings. The van der Waals surface area contributed by atoms with Gasteiger partial charge in [0.25, 0.3) is 5.91 Å². The first kappa shape index (κ1) is 13.6. The zero-order chi connectivity index (χ0) is 16.0. The maximum absolute atomic E-state index is 12.8. The minimum atomic E-state index is -0.963.